The second-order valence-corrected chi connectivity index (χ2v) is 6.31. The number of nitrogens with zero attached hydrogens (tertiary/aromatic N) is 3. The van der Waals surface area contributed by atoms with E-state index >= 15 is 0 Å². The van der Waals surface area contributed by atoms with Crippen molar-refractivity contribution in [2.24, 2.45) is 5.41 Å². The van der Waals surface area contributed by atoms with Crippen molar-refractivity contribution in [2.45, 2.75) is 37.6 Å². The summed E-state index contributed by atoms with van der Waals surface area (Å²) in [6.45, 7) is 5.56. The average molecular weight is 339 g/mol. The third kappa shape index (κ3) is 5.28. The molecule has 1 heterocycles. The number of thioether (sulfide) groups is 1. The van der Waals surface area contributed by atoms with Crippen molar-refractivity contribution < 1.29 is 19.0 Å². The second-order valence-electron chi connectivity index (χ2n) is 5.23. The van der Waals surface area contributed by atoms with Crippen LogP contribution in [0.5, 0.6) is 11.8 Å². The van der Waals surface area contributed by atoms with Crippen molar-refractivity contribution in [3.63, 3.8) is 0 Å². The zero-order valence-corrected chi connectivity index (χ0v) is 14.8. The Morgan fingerprint density at radius 3 is 2.35 bits per heavy atom. The topological polar surface area (TPSA) is 94.3 Å². The summed E-state index contributed by atoms with van der Waals surface area (Å²) >= 11 is 1.06. The molecule has 0 amide bonds. The Bertz CT molecular complexity index is 564. The van der Waals surface area contributed by atoms with Gasteiger partial charge in [-0.05, 0) is 20.3 Å². The van der Waals surface area contributed by atoms with Gasteiger partial charge in [-0.2, -0.15) is 15.2 Å². The highest BCUT2D eigenvalue weighted by molar-refractivity contribution is 8.00. The summed E-state index contributed by atoms with van der Waals surface area (Å²) in [5, 5.41) is 8.87. The van der Waals surface area contributed by atoms with E-state index in [2.05, 4.69) is 16.0 Å². The average Bonchev–Trinajstić information content (AvgIpc) is 2.56. The van der Waals surface area contributed by atoms with Crippen molar-refractivity contribution in [1.82, 2.24) is 9.97 Å². The quantitative estimate of drug-likeness (QED) is 0.405. The number of aromatic nitrogens is 2. The third-order valence-electron chi connectivity index (χ3n) is 2.91. The van der Waals surface area contributed by atoms with E-state index in [4.69, 9.17) is 14.2 Å². The van der Waals surface area contributed by atoms with Crippen LogP contribution in [-0.2, 0) is 9.53 Å². The molecule has 23 heavy (non-hydrogen) atoms. The highest BCUT2D eigenvalue weighted by Gasteiger charge is 2.38. The Balaban J connectivity index is 3.10. The van der Waals surface area contributed by atoms with Gasteiger partial charge in [0.15, 0.2) is 5.16 Å². The molecule has 8 heteroatoms. The van der Waals surface area contributed by atoms with E-state index in [0.717, 1.165) is 11.8 Å². The maximum absolute atomic E-state index is 12.3. The number of rotatable bonds is 8. The van der Waals surface area contributed by atoms with Gasteiger partial charge in [-0.1, -0.05) is 18.7 Å². The minimum Gasteiger partial charge on any atom is -0.481 e. The number of methoxy groups -OCH3 is 2. The van der Waals surface area contributed by atoms with Crippen LogP contribution >= 0.6 is 11.8 Å². The van der Waals surface area contributed by atoms with Crippen LogP contribution in [0, 0.1) is 16.7 Å². The molecule has 0 spiro atoms. The minimum absolute atomic E-state index is 0.281. The van der Waals surface area contributed by atoms with E-state index < -0.39 is 16.6 Å². The highest BCUT2D eigenvalue weighted by Crippen LogP contribution is 2.36. The number of esters is 1. The molecular weight excluding hydrogens is 318 g/mol. The summed E-state index contributed by atoms with van der Waals surface area (Å²) < 4.78 is 15.4. The Hall–Kier alpha value is -2.01. The number of nitriles is 1. The van der Waals surface area contributed by atoms with Crippen molar-refractivity contribution >= 4 is 17.7 Å². The molecule has 0 aliphatic heterocycles. The molecule has 0 radical (unpaired) electrons. The lowest BCUT2D eigenvalue weighted by atomic mass is 9.91. The fourth-order valence-electron chi connectivity index (χ4n) is 1.58. The first-order chi connectivity index (χ1) is 10.9. The minimum atomic E-state index is -0.949. The number of ether oxygens (including phenoxy) is 3. The number of carbonyl (C=O) groups is 1. The lowest BCUT2D eigenvalue weighted by molar-refractivity contribution is -0.144. The summed E-state index contributed by atoms with van der Waals surface area (Å²) in [4.78, 5) is 20.7. The van der Waals surface area contributed by atoms with Crippen LogP contribution in [0.4, 0.5) is 0 Å². The Kier molecular flexibility index (Phi) is 7.10. The molecule has 1 rings (SSSR count). The smallest absolute Gasteiger partial charge is 0.321 e. The fraction of sp³-hybridized carbons (Fsp3) is 0.600. The molecule has 1 atom stereocenters. The molecule has 0 aromatic carbocycles. The summed E-state index contributed by atoms with van der Waals surface area (Å²) in [5.74, 6) is 0.165. The Morgan fingerprint density at radius 1 is 1.35 bits per heavy atom. The number of hydrogen-bond acceptors (Lipinski definition) is 8. The van der Waals surface area contributed by atoms with E-state index in [1.807, 2.05) is 6.92 Å². The van der Waals surface area contributed by atoms with E-state index in [0.29, 0.717) is 24.8 Å². The summed E-state index contributed by atoms with van der Waals surface area (Å²) in [7, 11) is 2.95. The van der Waals surface area contributed by atoms with Crippen LogP contribution in [0.1, 0.15) is 27.2 Å². The van der Waals surface area contributed by atoms with Gasteiger partial charge in [0, 0.05) is 0 Å². The summed E-state index contributed by atoms with van der Waals surface area (Å²) in [5.41, 5.74) is -0.949. The van der Waals surface area contributed by atoms with E-state index in [-0.39, 0.29) is 5.16 Å². The monoisotopic (exact) mass is 339 g/mol. The first-order valence-electron chi connectivity index (χ1n) is 7.09. The Morgan fingerprint density at radius 2 is 1.91 bits per heavy atom. The van der Waals surface area contributed by atoms with Gasteiger partial charge in [0.05, 0.1) is 38.4 Å². The number of carbonyl (C=O) groups excluding carboxylic acids is 1. The van der Waals surface area contributed by atoms with Crippen molar-refractivity contribution in [3.05, 3.63) is 6.07 Å². The van der Waals surface area contributed by atoms with Crippen LogP contribution in [0.2, 0.25) is 0 Å². The number of hydrogen-bond donors (Lipinski definition) is 0. The van der Waals surface area contributed by atoms with Gasteiger partial charge in [-0.15, -0.1) is 0 Å². The molecule has 1 aromatic heterocycles. The van der Waals surface area contributed by atoms with Gasteiger partial charge in [0.2, 0.25) is 11.8 Å². The molecular formula is C15H21N3O4S. The van der Waals surface area contributed by atoms with E-state index in [1.54, 1.807) is 13.8 Å². The fourth-order valence-corrected chi connectivity index (χ4v) is 2.59. The van der Waals surface area contributed by atoms with Gasteiger partial charge >= 0.3 is 5.97 Å². The molecule has 0 saturated heterocycles. The van der Waals surface area contributed by atoms with E-state index in [9.17, 15) is 10.1 Å². The highest BCUT2D eigenvalue weighted by atomic mass is 32.2. The van der Waals surface area contributed by atoms with Crippen LogP contribution in [0.15, 0.2) is 11.2 Å². The maximum atomic E-state index is 12.3. The van der Waals surface area contributed by atoms with Gasteiger partial charge in [-0.25, -0.2) is 0 Å². The summed E-state index contributed by atoms with van der Waals surface area (Å²) in [6.07, 6.45) is 0.708. The lowest BCUT2D eigenvalue weighted by Crippen LogP contribution is -2.34. The van der Waals surface area contributed by atoms with Crippen LogP contribution in [-0.4, -0.2) is 42.0 Å². The molecule has 0 saturated carbocycles. The molecule has 1 aromatic rings. The zero-order valence-electron chi connectivity index (χ0n) is 14.0. The van der Waals surface area contributed by atoms with Crippen molar-refractivity contribution in [3.8, 4) is 17.8 Å². The molecule has 7 nitrogen and oxygen atoms in total. The van der Waals surface area contributed by atoms with Crippen LogP contribution in [0.3, 0.4) is 0 Å². The predicted octanol–water partition coefficient (Wildman–Crippen LogP) is 2.46. The molecule has 0 bridgehead atoms. The van der Waals surface area contributed by atoms with Crippen LogP contribution < -0.4 is 9.47 Å². The zero-order chi connectivity index (χ0) is 17.5. The van der Waals surface area contributed by atoms with Gasteiger partial charge in [0.1, 0.15) is 5.25 Å². The van der Waals surface area contributed by atoms with Gasteiger partial charge in [0.25, 0.3) is 0 Å². The van der Waals surface area contributed by atoms with Crippen LogP contribution in [0.25, 0.3) is 0 Å². The molecule has 0 aliphatic carbocycles. The molecule has 0 aliphatic rings. The first kappa shape index (κ1) is 19.0. The molecule has 0 N–H and O–H groups in total. The predicted molar refractivity (Wildman–Crippen MR) is 85.4 cm³/mol. The molecule has 126 valence electrons. The van der Waals surface area contributed by atoms with Crippen molar-refractivity contribution in [2.75, 3.05) is 20.8 Å². The van der Waals surface area contributed by atoms with Crippen molar-refractivity contribution in [1.29, 1.82) is 5.26 Å². The molecule has 1 unspecified atom stereocenters. The first-order valence-corrected chi connectivity index (χ1v) is 7.97. The standard InChI is InChI=1S/C15H21N3O4S/c1-6-7-22-13(19)12(15(2,3)9-16)23-14-17-10(20-4)8-11(18-14)21-5/h8,12H,6-7H2,1-5H3. The Labute approximate surface area is 140 Å². The normalized spacial score (nSPS) is 12.2. The second kappa shape index (κ2) is 8.58. The van der Waals surface area contributed by atoms with Gasteiger partial charge < -0.3 is 14.2 Å². The SMILES string of the molecule is CCCOC(=O)C(Sc1nc(OC)cc(OC)n1)C(C)(C)C#N. The van der Waals surface area contributed by atoms with Gasteiger partial charge in [-0.3, -0.25) is 4.79 Å². The maximum Gasteiger partial charge on any atom is 0.321 e. The molecule has 0 fully saturated rings. The van der Waals surface area contributed by atoms with E-state index in [1.165, 1.54) is 20.3 Å². The summed E-state index contributed by atoms with van der Waals surface area (Å²) in [6, 6.07) is 3.67. The lowest BCUT2D eigenvalue weighted by Gasteiger charge is -2.25. The largest absolute Gasteiger partial charge is 0.481 e. The third-order valence-corrected chi connectivity index (χ3v) is 4.32.